The highest BCUT2D eigenvalue weighted by Gasteiger charge is 2.19. The van der Waals surface area contributed by atoms with Gasteiger partial charge < -0.3 is 9.32 Å². The van der Waals surface area contributed by atoms with Crippen molar-refractivity contribution in [1.29, 1.82) is 0 Å². The van der Waals surface area contributed by atoms with E-state index in [-0.39, 0.29) is 0 Å². The first-order valence-electron chi connectivity index (χ1n) is 14.5. The van der Waals surface area contributed by atoms with Gasteiger partial charge in [-0.25, -0.2) is 0 Å². The Hall–Kier alpha value is -5.38. The first kappa shape index (κ1) is 24.2. The Morgan fingerprint density at radius 1 is 0.419 bits per heavy atom. The van der Waals surface area contributed by atoms with Gasteiger partial charge in [0, 0.05) is 36.9 Å². The molecule has 0 bridgehead atoms. The molecular formula is C40H25NOS. The van der Waals surface area contributed by atoms with Gasteiger partial charge in [-0.15, -0.1) is 11.3 Å². The van der Waals surface area contributed by atoms with Crippen molar-refractivity contribution >= 4 is 81.3 Å². The molecule has 9 aromatic rings. The van der Waals surface area contributed by atoms with E-state index in [4.69, 9.17) is 4.42 Å². The predicted molar refractivity (Wildman–Crippen MR) is 184 cm³/mol. The molecule has 0 aliphatic rings. The number of hydrogen-bond donors (Lipinski definition) is 0. The normalized spacial score (nSPS) is 11.7. The summed E-state index contributed by atoms with van der Waals surface area (Å²) in [5.74, 6) is 0. The van der Waals surface area contributed by atoms with Gasteiger partial charge in [-0.1, -0.05) is 97.1 Å². The number of hydrogen-bond acceptors (Lipinski definition) is 3. The average Bonchev–Trinajstić information content (AvgIpc) is 3.65. The van der Waals surface area contributed by atoms with E-state index >= 15 is 0 Å². The molecule has 2 heterocycles. The molecule has 0 N–H and O–H groups in total. The second-order valence-electron chi connectivity index (χ2n) is 10.9. The highest BCUT2D eigenvalue weighted by atomic mass is 32.1. The van der Waals surface area contributed by atoms with Crippen molar-refractivity contribution in [3.05, 3.63) is 152 Å². The van der Waals surface area contributed by atoms with Crippen LogP contribution in [0.1, 0.15) is 0 Å². The number of anilines is 3. The summed E-state index contributed by atoms with van der Waals surface area (Å²) < 4.78 is 8.93. The Labute approximate surface area is 252 Å². The second kappa shape index (κ2) is 9.59. The lowest BCUT2D eigenvalue weighted by Gasteiger charge is -2.26. The molecular weight excluding hydrogens is 543 g/mol. The van der Waals surface area contributed by atoms with E-state index in [1.165, 1.54) is 42.1 Å². The van der Waals surface area contributed by atoms with Crippen molar-refractivity contribution in [1.82, 2.24) is 0 Å². The topological polar surface area (TPSA) is 16.4 Å². The van der Waals surface area contributed by atoms with Crippen LogP contribution in [0.5, 0.6) is 0 Å². The van der Waals surface area contributed by atoms with Crippen LogP contribution in [0, 0.1) is 0 Å². The van der Waals surface area contributed by atoms with Gasteiger partial charge in [-0.05, 0) is 76.5 Å². The number of rotatable bonds is 4. The number of nitrogens with zero attached hydrogens (tertiary/aromatic N) is 1. The molecule has 0 aliphatic carbocycles. The van der Waals surface area contributed by atoms with Crippen LogP contribution in [0.4, 0.5) is 17.1 Å². The summed E-state index contributed by atoms with van der Waals surface area (Å²) in [5, 5.41) is 7.51. The molecule has 9 rings (SSSR count). The number of para-hydroxylation sites is 2. The van der Waals surface area contributed by atoms with E-state index in [9.17, 15) is 0 Å². The van der Waals surface area contributed by atoms with E-state index in [0.717, 1.165) is 39.0 Å². The van der Waals surface area contributed by atoms with Crippen molar-refractivity contribution in [2.24, 2.45) is 0 Å². The molecule has 0 amide bonds. The van der Waals surface area contributed by atoms with E-state index < -0.39 is 0 Å². The standard InChI is InChI=1S/C40H25NOS/c1-2-10-27(11-3-1)41(34-16-9-18-36-40(34)32-12-4-6-17-35(32)42-36)28-22-20-26(21-23-28)29-14-8-15-31-30(29)24-25-38-39(31)33-13-5-7-19-37(33)43-38/h1-25H. The van der Waals surface area contributed by atoms with Gasteiger partial charge in [0.25, 0.3) is 0 Å². The molecule has 0 radical (unpaired) electrons. The fourth-order valence-corrected chi connectivity index (χ4v) is 7.69. The molecule has 0 aliphatic heterocycles. The molecule has 0 fully saturated rings. The Bertz CT molecular complexity index is 2450. The molecule has 2 nitrogen and oxygen atoms in total. The van der Waals surface area contributed by atoms with Crippen LogP contribution < -0.4 is 4.90 Å². The Morgan fingerprint density at radius 3 is 2.00 bits per heavy atom. The Kier molecular flexibility index (Phi) is 5.40. The lowest BCUT2D eigenvalue weighted by atomic mass is 9.95. The van der Waals surface area contributed by atoms with Crippen LogP contribution in [0.3, 0.4) is 0 Å². The zero-order valence-electron chi connectivity index (χ0n) is 23.2. The third-order valence-corrected chi connectivity index (χ3v) is 9.61. The summed E-state index contributed by atoms with van der Waals surface area (Å²) >= 11 is 1.87. The average molecular weight is 568 g/mol. The quantitative estimate of drug-likeness (QED) is 0.210. The van der Waals surface area contributed by atoms with E-state index in [0.29, 0.717) is 0 Å². The maximum atomic E-state index is 6.26. The maximum Gasteiger partial charge on any atom is 0.137 e. The molecule has 0 atom stereocenters. The van der Waals surface area contributed by atoms with Crippen LogP contribution in [0.15, 0.2) is 156 Å². The van der Waals surface area contributed by atoms with Crippen molar-refractivity contribution in [2.45, 2.75) is 0 Å². The third-order valence-electron chi connectivity index (χ3n) is 8.47. The SMILES string of the molecule is c1ccc(N(c2ccc(-c3cccc4c3ccc3sc5ccccc5c34)cc2)c2cccc3oc4ccccc4c23)cc1. The summed E-state index contributed by atoms with van der Waals surface area (Å²) in [7, 11) is 0. The summed E-state index contributed by atoms with van der Waals surface area (Å²) in [5.41, 5.74) is 7.53. The lowest BCUT2D eigenvalue weighted by molar-refractivity contribution is 0.669. The minimum atomic E-state index is 0.888. The summed E-state index contributed by atoms with van der Waals surface area (Å²) in [6.45, 7) is 0. The molecule has 0 spiro atoms. The molecule has 7 aromatic carbocycles. The van der Waals surface area contributed by atoms with Gasteiger partial charge in [0.1, 0.15) is 11.2 Å². The van der Waals surface area contributed by atoms with Crippen molar-refractivity contribution < 1.29 is 4.42 Å². The largest absolute Gasteiger partial charge is 0.456 e. The van der Waals surface area contributed by atoms with E-state index in [1.54, 1.807) is 0 Å². The van der Waals surface area contributed by atoms with Gasteiger partial charge in [-0.2, -0.15) is 0 Å². The Balaban J connectivity index is 1.21. The number of thiophene rings is 1. The van der Waals surface area contributed by atoms with Crippen molar-refractivity contribution in [3.8, 4) is 11.1 Å². The zero-order valence-corrected chi connectivity index (χ0v) is 24.0. The van der Waals surface area contributed by atoms with Crippen molar-refractivity contribution in [2.75, 3.05) is 4.90 Å². The first-order valence-corrected chi connectivity index (χ1v) is 15.3. The van der Waals surface area contributed by atoms with Crippen LogP contribution in [0.25, 0.3) is 64.0 Å². The van der Waals surface area contributed by atoms with E-state index in [2.05, 4.69) is 144 Å². The van der Waals surface area contributed by atoms with E-state index in [1.807, 2.05) is 23.5 Å². The monoisotopic (exact) mass is 567 g/mol. The fraction of sp³-hybridized carbons (Fsp3) is 0. The highest BCUT2D eigenvalue weighted by Crippen LogP contribution is 2.44. The molecule has 3 heteroatoms. The first-order chi connectivity index (χ1) is 21.3. The third kappa shape index (κ3) is 3.79. The summed E-state index contributed by atoms with van der Waals surface area (Å²) in [6.07, 6.45) is 0. The predicted octanol–water partition coefficient (Wildman–Crippen LogP) is 12.2. The second-order valence-corrected chi connectivity index (χ2v) is 12.0. The molecule has 43 heavy (non-hydrogen) atoms. The molecule has 0 saturated heterocycles. The van der Waals surface area contributed by atoms with Gasteiger partial charge in [0.15, 0.2) is 0 Å². The van der Waals surface area contributed by atoms with Crippen LogP contribution in [-0.2, 0) is 0 Å². The molecule has 2 aromatic heterocycles. The fourth-order valence-electron chi connectivity index (χ4n) is 6.57. The summed E-state index contributed by atoms with van der Waals surface area (Å²) in [6, 6.07) is 54.2. The number of furan rings is 1. The maximum absolute atomic E-state index is 6.26. The van der Waals surface area contributed by atoms with Gasteiger partial charge >= 0.3 is 0 Å². The number of benzene rings is 7. The zero-order chi connectivity index (χ0) is 28.3. The van der Waals surface area contributed by atoms with Crippen molar-refractivity contribution in [3.63, 3.8) is 0 Å². The van der Waals surface area contributed by atoms with Crippen LogP contribution in [0.2, 0.25) is 0 Å². The summed E-state index contributed by atoms with van der Waals surface area (Å²) in [4.78, 5) is 2.33. The lowest BCUT2D eigenvalue weighted by Crippen LogP contribution is -2.10. The smallest absolute Gasteiger partial charge is 0.137 e. The van der Waals surface area contributed by atoms with Gasteiger partial charge in [0.05, 0.1) is 11.1 Å². The number of fused-ring (bicyclic) bond motifs is 8. The van der Waals surface area contributed by atoms with Crippen LogP contribution >= 0.6 is 11.3 Å². The van der Waals surface area contributed by atoms with Gasteiger partial charge in [-0.3, -0.25) is 0 Å². The molecule has 0 saturated carbocycles. The molecule has 202 valence electrons. The van der Waals surface area contributed by atoms with Gasteiger partial charge in [0.2, 0.25) is 0 Å². The highest BCUT2D eigenvalue weighted by molar-refractivity contribution is 7.26. The minimum absolute atomic E-state index is 0.888. The molecule has 0 unspecified atom stereocenters. The van der Waals surface area contributed by atoms with Crippen LogP contribution in [-0.4, -0.2) is 0 Å². The Morgan fingerprint density at radius 2 is 1.12 bits per heavy atom. The minimum Gasteiger partial charge on any atom is -0.456 e.